The lowest BCUT2D eigenvalue weighted by Crippen LogP contribution is -2.00. The molecule has 0 saturated carbocycles. The van der Waals surface area contributed by atoms with Crippen LogP contribution in [0, 0.1) is 0 Å². The van der Waals surface area contributed by atoms with Crippen molar-refractivity contribution in [1.29, 1.82) is 0 Å². The van der Waals surface area contributed by atoms with E-state index in [9.17, 15) is 0 Å². The van der Waals surface area contributed by atoms with Gasteiger partial charge in [0, 0.05) is 12.5 Å². The van der Waals surface area contributed by atoms with Gasteiger partial charge in [0.1, 0.15) is 22.9 Å². The predicted octanol–water partition coefficient (Wildman–Crippen LogP) is 2.15. The van der Waals surface area contributed by atoms with E-state index < -0.39 is 0 Å². The molecule has 0 aromatic carbocycles. The summed E-state index contributed by atoms with van der Waals surface area (Å²) in [5.74, 6) is 1.24. The van der Waals surface area contributed by atoms with Crippen molar-refractivity contribution in [3.63, 3.8) is 0 Å². The Morgan fingerprint density at radius 3 is 3.00 bits per heavy atom. The van der Waals surface area contributed by atoms with Gasteiger partial charge in [0.05, 0.1) is 6.20 Å². The van der Waals surface area contributed by atoms with Crippen molar-refractivity contribution in [3.05, 3.63) is 24.4 Å². The summed E-state index contributed by atoms with van der Waals surface area (Å²) in [5, 5.41) is 1.32. The highest BCUT2D eigenvalue weighted by atomic mass is 32.2. The van der Waals surface area contributed by atoms with Gasteiger partial charge in [-0.05, 0) is 18.2 Å². The minimum atomic E-state index is 0.479. The first-order valence-corrected chi connectivity index (χ1v) is 5.80. The molecule has 5 nitrogen and oxygen atoms in total. The van der Waals surface area contributed by atoms with Gasteiger partial charge in [-0.3, -0.25) is 0 Å². The van der Waals surface area contributed by atoms with Crippen LogP contribution < -0.4 is 5.73 Å². The molecule has 2 rings (SSSR count). The summed E-state index contributed by atoms with van der Waals surface area (Å²) in [4.78, 5) is 12.5. The van der Waals surface area contributed by atoms with Crippen molar-refractivity contribution in [3.8, 4) is 0 Å². The summed E-state index contributed by atoms with van der Waals surface area (Å²) in [6.45, 7) is 2.08. The molecule has 0 amide bonds. The average molecular weight is 236 g/mol. The number of nitrogens with zero attached hydrogens (tertiary/aromatic N) is 3. The Balaban J connectivity index is 2.20. The van der Waals surface area contributed by atoms with Crippen LogP contribution in [0.5, 0.6) is 0 Å². The Bertz CT molecular complexity index is 458. The van der Waals surface area contributed by atoms with Crippen molar-refractivity contribution in [2.75, 3.05) is 5.73 Å². The largest absolute Gasteiger partial charge is 0.440 e. The second-order valence-electron chi connectivity index (χ2n) is 3.20. The van der Waals surface area contributed by atoms with Crippen molar-refractivity contribution in [2.24, 2.45) is 0 Å². The molecule has 2 aromatic rings. The van der Waals surface area contributed by atoms with E-state index in [0.717, 1.165) is 23.7 Å². The number of oxazole rings is 1. The molecule has 0 aliphatic carbocycles. The highest BCUT2D eigenvalue weighted by Gasteiger charge is 2.06. The Labute approximate surface area is 97.5 Å². The van der Waals surface area contributed by atoms with E-state index in [1.165, 1.54) is 18.0 Å². The zero-order valence-electron chi connectivity index (χ0n) is 8.88. The van der Waals surface area contributed by atoms with Crippen LogP contribution in [0.3, 0.4) is 0 Å². The molecule has 0 saturated heterocycles. The Morgan fingerprint density at radius 1 is 1.44 bits per heavy atom. The van der Waals surface area contributed by atoms with Gasteiger partial charge in [-0.25, -0.2) is 15.0 Å². The van der Waals surface area contributed by atoms with Gasteiger partial charge >= 0.3 is 0 Å². The van der Waals surface area contributed by atoms with E-state index in [2.05, 4.69) is 21.9 Å². The third-order valence-electron chi connectivity index (χ3n) is 1.84. The van der Waals surface area contributed by atoms with Crippen LogP contribution in [-0.4, -0.2) is 15.0 Å². The summed E-state index contributed by atoms with van der Waals surface area (Å²) in [5.41, 5.74) is 5.70. The summed E-state index contributed by atoms with van der Waals surface area (Å²) < 4.78 is 5.13. The Kier molecular flexibility index (Phi) is 3.40. The minimum absolute atomic E-state index is 0.479. The Morgan fingerprint density at radius 2 is 2.31 bits per heavy atom. The Hall–Kier alpha value is -1.56. The predicted molar refractivity (Wildman–Crippen MR) is 61.1 cm³/mol. The lowest BCUT2D eigenvalue weighted by molar-refractivity contribution is 0.454. The zero-order chi connectivity index (χ0) is 11.4. The highest BCUT2D eigenvalue weighted by Crippen LogP contribution is 2.25. The molecule has 2 N–H and O–H groups in total. The first-order valence-electron chi connectivity index (χ1n) is 4.98. The number of hydrogen-bond acceptors (Lipinski definition) is 6. The molecule has 0 spiro atoms. The number of nitrogen functional groups attached to an aromatic ring is 1. The van der Waals surface area contributed by atoms with Crippen molar-refractivity contribution >= 4 is 17.6 Å². The molecule has 0 radical (unpaired) electrons. The first-order chi connectivity index (χ1) is 7.78. The summed E-state index contributed by atoms with van der Waals surface area (Å²) in [6, 6.07) is 1.72. The lowest BCUT2D eigenvalue weighted by atomic mass is 10.3. The summed E-state index contributed by atoms with van der Waals surface area (Å²) in [7, 11) is 0. The monoisotopic (exact) mass is 236 g/mol. The van der Waals surface area contributed by atoms with Crippen molar-refractivity contribution in [2.45, 2.75) is 30.0 Å². The van der Waals surface area contributed by atoms with E-state index in [0.29, 0.717) is 11.0 Å². The van der Waals surface area contributed by atoms with Crippen LogP contribution in [0.2, 0.25) is 0 Å². The second kappa shape index (κ2) is 4.98. The molecule has 0 aliphatic heterocycles. The molecule has 0 bridgehead atoms. The van der Waals surface area contributed by atoms with Gasteiger partial charge in [-0.1, -0.05) is 6.92 Å². The molecular weight excluding hydrogens is 224 g/mol. The van der Waals surface area contributed by atoms with Crippen LogP contribution in [0.4, 0.5) is 5.82 Å². The third-order valence-corrected chi connectivity index (χ3v) is 2.64. The lowest BCUT2D eigenvalue weighted by Gasteiger charge is -2.02. The molecular formula is C10H12N4OS. The molecule has 6 heteroatoms. The zero-order valence-corrected chi connectivity index (χ0v) is 9.70. The smallest absolute Gasteiger partial charge is 0.261 e. The molecule has 16 heavy (non-hydrogen) atoms. The summed E-state index contributed by atoms with van der Waals surface area (Å²) in [6.07, 6.45) is 4.94. The average Bonchev–Trinajstić information content (AvgIpc) is 2.70. The van der Waals surface area contributed by atoms with Gasteiger partial charge in [0.2, 0.25) is 0 Å². The van der Waals surface area contributed by atoms with Gasteiger partial charge in [-0.2, -0.15) is 0 Å². The van der Waals surface area contributed by atoms with Crippen LogP contribution in [0.1, 0.15) is 19.2 Å². The van der Waals surface area contributed by atoms with E-state index in [1.54, 1.807) is 12.3 Å². The van der Waals surface area contributed by atoms with E-state index in [-0.39, 0.29) is 0 Å². The SMILES string of the molecule is CCCc1nc(N)cc(Sc2ncco2)n1. The maximum Gasteiger partial charge on any atom is 0.261 e. The molecule has 0 unspecified atom stereocenters. The minimum Gasteiger partial charge on any atom is -0.440 e. The second-order valence-corrected chi connectivity index (χ2v) is 4.17. The maximum absolute atomic E-state index is 5.70. The normalized spacial score (nSPS) is 10.6. The van der Waals surface area contributed by atoms with Crippen molar-refractivity contribution in [1.82, 2.24) is 15.0 Å². The number of hydrogen-bond donors (Lipinski definition) is 1. The van der Waals surface area contributed by atoms with Gasteiger partial charge in [-0.15, -0.1) is 0 Å². The van der Waals surface area contributed by atoms with E-state index in [1.807, 2.05) is 0 Å². The molecule has 0 fully saturated rings. The molecule has 0 aliphatic rings. The van der Waals surface area contributed by atoms with Crippen LogP contribution in [-0.2, 0) is 6.42 Å². The molecule has 84 valence electrons. The van der Waals surface area contributed by atoms with E-state index in [4.69, 9.17) is 10.2 Å². The fourth-order valence-electron chi connectivity index (χ4n) is 1.23. The first kappa shape index (κ1) is 10.9. The topological polar surface area (TPSA) is 77.8 Å². The van der Waals surface area contributed by atoms with Gasteiger partial charge in [0.15, 0.2) is 0 Å². The van der Waals surface area contributed by atoms with Crippen LogP contribution >= 0.6 is 11.8 Å². The van der Waals surface area contributed by atoms with Gasteiger partial charge < -0.3 is 10.2 Å². The van der Waals surface area contributed by atoms with Gasteiger partial charge in [0.25, 0.3) is 5.22 Å². The van der Waals surface area contributed by atoms with Crippen LogP contribution in [0.15, 0.2) is 33.2 Å². The summed E-state index contributed by atoms with van der Waals surface area (Å²) >= 11 is 1.34. The standard InChI is InChI=1S/C10H12N4OS/c1-2-3-8-13-7(11)6-9(14-8)16-10-12-4-5-15-10/h4-6H,2-3H2,1H3,(H2,11,13,14). The maximum atomic E-state index is 5.70. The fraction of sp³-hybridized carbons (Fsp3) is 0.300. The van der Waals surface area contributed by atoms with Crippen molar-refractivity contribution < 1.29 is 4.42 Å². The molecule has 0 atom stereocenters. The number of rotatable bonds is 4. The number of anilines is 1. The molecule has 2 heterocycles. The quantitative estimate of drug-likeness (QED) is 0.819. The van der Waals surface area contributed by atoms with E-state index >= 15 is 0 Å². The molecule has 2 aromatic heterocycles. The fourth-order valence-corrected chi connectivity index (χ4v) is 1.96. The highest BCUT2D eigenvalue weighted by molar-refractivity contribution is 7.99. The van der Waals surface area contributed by atoms with Crippen LogP contribution in [0.25, 0.3) is 0 Å². The number of aromatic nitrogens is 3. The number of aryl methyl sites for hydroxylation is 1. The third kappa shape index (κ3) is 2.73. The number of nitrogens with two attached hydrogens (primary N) is 1.